The van der Waals surface area contributed by atoms with E-state index in [1.807, 2.05) is 0 Å². The van der Waals surface area contributed by atoms with Crippen LogP contribution in [-0.2, 0) is 9.59 Å². The second kappa shape index (κ2) is 24.2. The molecular weight excluding hydrogens is 402 g/mol. The summed E-state index contributed by atoms with van der Waals surface area (Å²) >= 11 is 0. The number of hydrogen-bond acceptors (Lipinski definition) is 2. The summed E-state index contributed by atoms with van der Waals surface area (Å²) in [6.07, 6.45) is 18.4. The number of carboxylic acids is 2. The van der Waals surface area contributed by atoms with E-state index in [4.69, 9.17) is 0 Å². The van der Waals surface area contributed by atoms with Gasteiger partial charge in [-0.05, 0) is 12.8 Å². The summed E-state index contributed by atoms with van der Waals surface area (Å²) in [5.74, 6) is -2.31. The zero-order valence-electron chi connectivity index (χ0n) is 17.9. The average molecular weight is 449 g/mol. The average Bonchev–Trinajstić information content (AvgIpc) is 2.63. The van der Waals surface area contributed by atoms with Gasteiger partial charge in [-0.1, -0.05) is 117 Å². The van der Waals surface area contributed by atoms with E-state index in [2.05, 4.69) is 13.8 Å². The summed E-state index contributed by atoms with van der Waals surface area (Å²) in [7, 11) is 0. The van der Waals surface area contributed by atoms with E-state index >= 15 is 0 Å². The molecule has 164 valence electrons. The molecule has 0 aromatic carbocycles. The van der Waals surface area contributed by atoms with Gasteiger partial charge >= 0.3 is 92.9 Å². The molecule has 0 aliphatic carbocycles. The maximum atomic E-state index is 11.7. The third kappa shape index (κ3) is 17.8. The third-order valence-electron chi connectivity index (χ3n) is 5.73. The summed E-state index contributed by atoms with van der Waals surface area (Å²) in [5, 5.41) is 19.2. The SMILES string of the molecule is CCCCCCCCCCCCC(CCCCCCCC)(C(=O)O)C(=O)O.[KH].[NaH]. The molecule has 0 saturated carbocycles. The van der Waals surface area contributed by atoms with E-state index < -0.39 is 17.4 Å². The van der Waals surface area contributed by atoms with Crippen LogP contribution in [0.4, 0.5) is 0 Å². The molecular formula is C23H46KNaO4. The maximum absolute atomic E-state index is 11.7. The predicted octanol–water partition coefficient (Wildman–Crippen LogP) is 5.91. The predicted molar refractivity (Wildman–Crippen MR) is 126 cm³/mol. The number of unbranched alkanes of at least 4 members (excludes halogenated alkanes) is 14. The van der Waals surface area contributed by atoms with Crippen molar-refractivity contribution in [2.45, 2.75) is 129 Å². The Hall–Kier alpha value is 1.58. The molecule has 0 heterocycles. The fraction of sp³-hybridized carbons (Fsp3) is 0.913. The number of hydrogen-bond donors (Lipinski definition) is 2. The molecule has 0 unspecified atom stereocenters. The van der Waals surface area contributed by atoms with Crippen molar-refractivity contribution in [1.82, 2.24) is 0 Å². The van der Waals surface area contributed by atoms with E-state index in [0.717, 1.165) is 32.1 Å². The molecule has 0 aliphatic heterocycles. The Morgan fingerprint density at radius 2 is 0.793 bits per heavy atom. The Morgan fingerprint density at radius 3 is 1.03 bits per heavy atom. The van der Waals surface area contributed by atoms with Gasteiger partial charge in [0.25, 0.3) is 0 Å². The number of carbonyl (C=O) groups is 2. The molecule has 0 aromatic heterocycles. The van der Waals surface area contributed by atoms with Crippen LogP contribution in [0.1, 0.15) is 129 Å². The van der Waals surface area contributed by atoms with Gasteiger partial charge in [-0.25, -0.2) is 0 Å². The topological polar surface area (TPSA) is 74.6 Å². The molecule has 0 fully saturated rings. The zero-order chi connectivity index (χ0) is 20.4. The van der Waals surface area contributed by atoms with Gasteiger partial charge in [0.05, 0.1) is 0 Å². The van der Waals surface area contributed by atoms with Gasteiger partial charge in [0.15, 0.2) is 5.41 Å². The molecule has 2 N–H and O–H groups in total. The van der Waals surface area contributed by atoms with Crippen LogP contribution in [-0.4, -0.2) is 103 Å². The fourth-order valence-electron chi connectivity index (χ4n) is 3.77. The molecule has 29 heavy (non-hydrogen) atoms. The molecule has 0 rings (SSSR count). The summed E-state index contributed by atoms with van der Waals surface area (Å²) in [6, 6.07) is 0. The number of carboxylic acid groups (broad SMARTS) is 2. The minimum atomic E-state index is -1.58. The van der Waals surface area contributed by atoms with E-state index in [9.17, 15) is 19.8 Å². The van der Waals surface area contributed by atoms with Gasteiger partial charge in [0.1, 0.15) is 0 Å². The first-order chi connectivity index (χ1) is 13.0. The van der Waals surface area contributed by atoms with Gasteiger partial charge < -0.3 is 10.2 Å². The van der Waals surface area contributed by atoms with Gasteiger partial charge in [0.2, 0.25) is 0 Å². The van der Waals surface area contributed by atoms with Crippen LogP contribution >= 0.6 is 0 Å². The van der Waals surface area contributed by atoms with E-state index in [1.165, 1.54) is 57.8 Å². The monoisotopic (exact) mass is 448 g/mol. The van der Waals surface area contributed by atoms with Crippen molar-refractivity contribution in [3.8, 4) is 0 Å². The number of aliphatic carboxylic acids is 2. The van der Waals surface area contributed by atoms with Crippen LogP contribution in [0.2, 0.25) is 0 Å². The van der Waals surface area contributed by atoms with E-state index in [0.29, 0.717) is 12.8 Å². The fourth-order valence-corrected chi connectivity index (χ4v) is 3.77. The standard InChI is InChI=1S/C23H44O4.K.Na.2H/c1-3-5-7-9-11-12-13-14-16-18-20-23(21(24)25,22(26)27)19-17-15-10-8-6-4-2;;;;/h3-20H2,1-2H3,(H,24,25)(H,26,27);;;;. The second-order valence-corrected chi connectivity index (χ2v) is 8.14. The first-order valence-corrected chi connectivity index (χ1v) is 11.5. The molecule has 0 aliphatic rings. The van der Waals surface area contributed by atoms with Crippen molar-refractivity contribution in [2.75, 3.05) is 0 Å². The quantitative estimate of drug-likeness (QED) is 0.138. The van der Waals surface area contributed by atoms with E-state index in [-0.39, 0.29) is 93.8 Å². The minimum absolute atomic E-state index is 0. The van der Waals surface area contributed by atoms with Crippen molar-refractivity contribution < 1.29 is 19.8 Å². The Balaban J connectivity index is -0.00000338. The molecule has 0 atom stereocenters. The molecule has 0 radical (unpaired) electrons. The molecule has 0 bridgehead atoms. The normalized spacial score (nSPS) is 10.8. The van der Waals surface area contributed by atoms with Gasteiger partial charge in [-0.2, -0.15) is 0 Å². The van der Waals surface area contributed by atoms with Crippen LogP contribution in [0.25, 0.3) is 0 Å². The second-order valence-electron chi connectivity index (χ2n) is 8.14. The Labute approximate surface area is 244 Å². The summed E-state index contributed by atoms with van der Waals surface area (Å²) in [4.78, 5) is 23.5. The van der Waals surface area contributed by atoms with Crippen LogP contribution in [0.5, 0.6) is 0 Å². The molecule has 0 saturated heterocycles. The Bertz CT molecular complexity index is 377. The van der Waals surface area contributed by atoms with E-state index in [1.54, 1.807) is 0 Å². The van der Waals surface area contributed by atoms with Gasteiger partial charge in [-0.3, -0.25) is 9.59 Å². The first kappa shape index (κ1) is 35.2. The molecule has 0 amide bonds. The first-order valence-electron chi connectivity index (χ1n) is 11.5. The molecule has 4 nitrogen and oxygen atoms in total. The van der Waals surface area contributed by atoms with Gasteiger partial charge in [0, 0.05) is 0 Å². The molecule has 6 heteroatoms. The van der Waals surface area contributed by atoms with Crippen LogP contribution < -0.4 is 0 Å². The van der Waals surface area contributed by atoms with Crippen LogP contribution in [0, 0.1) is 5.41 Å². The molecule has 0 aromatic rings. The zero-order valence-corrected chi connectivity index (χ0v) is 17.9. The third-order valence-corrected chi connectivity index (χ3v) is 5.73. The summed E-state index contributed by atoms with van der Waals surface area (Å²) in [5.41, 5.74) is -1.58. The summed E-state index contributed by atoms with van der Waals surface area (Å²) < 4.78 is 0. The number of rotatable bonds is 20. The van der Waals surface area contributed by atoms with Crippen molar-refractivity contribution in [3.05, 3.63) is 0 Å². The Kier molecular flexibility index (Phi) is 29.4. The van der Waals surface area contributed by atoms with Crippen molar-refractivity contribution in [3.63, 3.8) is 0 Å². The Morgan fingerprint density at radius 1 is 0.552 bits per heavy atom. The van der Waals surface area contributed by atoms with Crippen LogP contribution in [0.15, 0.2) is 0 Å². The van der Waals surface area contributed by atoms with Gasteiger partial charge in [-0.15, -0.1) is 0 Å². The van der Waals surface area contributed by atoms with Crippen LogP contribution in [0.3, 0.4) is 0 Å². The molecule has 0 spiro atoms. The van der Waals surface area contributed by atoms with Crippen molar-refractivity contribution in [2.24, 2.45) is 5.41 Å². The van der Waals surface area contributed by atoms with Crippen molar-refractivity contribution in [1.29, 1.82) is 0 Å². The summed E-state index contributed by atoms with van der Waals surface area (Å²) in [6.45, 7) is 4.38. The van der Waals surface area contributed by atoms with Crippen molar-refractivity contribution >= 4 is 92.9 Å².